The number of hydrogen-bond donors (Lipinski definition) is 1. The van der Waals surface area contributed by atoms with Crippen LogP contribution in [0.25, 0.3) is 16.8 Å². The second-order valence-electron chi connectivity index (χ2n) is 8.83. The van der Waals surface area contributed by atoms with E-state index in [0.717, 1.165) is 22.9 Å². The summed E-state index contributed by atoms with van der Waals surface area (Å²) in [6.07, 6.45) is 10.1. The molecule has 0 spiro atoms. The van der Waals surface area contributed by atoms with Crippen molar-refractivity contribution in [3.05, 3.63) is 54.4 Å². The van der Waals surface area contributed by atoms with Gasteiger partial charge in [-0.15, -0.1) is 0 Å². The highest BCUT2D eigenvalue weighted by Crippen LogP contribution is 2.39. The summed E-state index contributed by atoms with van der Waals surface area (Å²) in [6, 6.07) is 14.5. The van der Waals surface area contributed by atoms with E-state index in [1.165, 1.54) is 43.2 Å². The van der Waals surface area contributed by atoms with Crippen LogP contribution in [0.4, 0.5) is 5.82 Å². The van der Waals surface area contributed by atoms with E-state index in [4.69, 9.17) is 9.72 Å². The first-order valence-electron chi connectivity index (χ1n) is 11.0. The first kappa shape index (κ1) is 18.0. The van der Waals surface area contributed by atoms with Crippen molar-refractivity contribution in [2.75, 3.05) is 11.9 Å². The van der Waals surface area contributed by atoms with Crippen LogP contribution in [0.15, 0.2) is 48.8 Å². The number of piperidine rings is 2. The van der Waals surface area contributed by atoms with Gasteiger partial charge in [0.1, 0.15) is 12.4 Å². The molecule has 3 aliphatic heterocycles. The Morgan fingerprint density at radius 1 is 1.10 bits per heavy atom. The molecule has 6 rings (SSSR count). The van der Waals surface area contributed by atoms with E-state index in [9.17, 15) is 0 Å². The lowest BCUT2D eigenvalue weighted by molar-refractivity contribution is 0.219. The Morgan fingerprint density at radius 3 is 2.73 bits per heavy atom. The van der Waals surface area contributed by atoms with E-state index < -0.39 is 0 Å². The smallest absolute Gasteiger partial charge is 0.223 e. The lowest BCUT2D eigenvalue weighted by atomic mass is 9.83. The van der Waals surface area contributed by atoms with Crippen LogP contribution in [0.1, 0.15) is 37.7 Å². The van der Waals surface area contributed by atoms with Gasteiger partial charge in [-0.1, -0.05) is 12.5 Å². The fourth-order valence-corrected chi connectivity index (χ4v) is 5.35. The van der Waals surface area contributed by atoms with Crippen molar-refractivity contribution in [1.82, 2.24) is 20.1 Å². The van der Waals surface area contributed by atoms with Gasteiger partial charge in [0.05, 0.1) is 5.69 Å². The van der Waals surface area contributed by atoms with Crippen LogP contribution in [-0.4, -0.2) is 39.9 Å². The first-order chi connectivity index (χ1) is 14.7. The number of nitrogens with one attached hydrogen (secondary N) is 1. The number of nitrogens with zero attached hydrogens (tertiary/aromatic N) is 4. The maximum atomic E-state index is 6.10. The highest BCUT2D eigenvalue weighted by Gasteiger charge is 2.33. The third-order valence-corrected chi connectivity index (χ3v) is 6.96. The number of hydrogen-bond acceptors (Lipinski definition) is 5. The van der Waals surface area contributed by atoms with Crippen LogP contribution in [-0.2, 0) is 6.61 Å². The zero-order valence-electron chi connectivity index (χ0n) is 17.3. The molecule has 2 aromatic heterocycles. The van der Waals surface area contributed by atoms with Crippen LogP contribution < -0.4 is 15.0 Å². The van der Waals surface area contributed by atoms with E-state index in [-0.39, 0.29) is 0 Å². The Balaban J connectivity index is 1.27. The molecule has 0 saturated carbocycles. The van der Waals surface area contributed by atoms with Gasteiger partial charge >= 0.3 is 0 Å². The zero-order valence-corrected chi connectivity index (χ0v) is 17.3. The van der Waals surface area contributed by atoms with E-state index in [1.54, 1.807) is 6.20 Å². The predicted octanol–water partition coefficient (Wildman–Crippen LogP) is 3.94. The average molecular weight is 402 g/mol. The first-order valence-corrected chi connectivity index (χ1v) is 11.0. The summed E-state index contributed by atoms with van der Waals surface area (Å²) in [7, 11) is 2.19. The molecule has 1 aromatic carbocycles. The Kier molecular flexibility index (Phi) is 4.27. The third-order valence-electron chi connectivity index (χ3n) is 6.96. The van der Waals surface area contributed by atoms with Gasteiger partial charge in [0.2, 0.25) is 5.88 Å². The third kappa shape index (κ3) is 3.06. The maximum absolute atomic E-state index is 6.10. The van der Waals surface area contributed by atoms with Gasteiger partial charge in [0.15, 0.2) is 0 Å². The van der Waals surface area contributed by atoms with Crippen molar-refractivity contribution >= 4 is 5.82 Å². The zero-order chi connectivity index (χ0) is 20.1. The number of ether oxygens (including phenoxy) is 1. The Hall–Kier alpha value is -2.86. The lowest BCUT2D eigenvalue weighted by Crippen LogP contribution is -2.54. The molecule has 2 saturated heterocycles. The monoisotopic (exact) mass is 401 g/mol. The normalized spacial score (nSPS) is 24.5. The van der Waals surface area contributed by atoms with Crippen molar-refractivity contribution in [3.63, 3.8) is 0 Å². The van der Waals surface area contributed by atoms with E-state index in [2.05, 4.69) is 52.7 Å². The molecule has 1 N–H and O–H groups in total. The second-order valence-corrected chi connectivity index (χ2v) is 8.83. The van der Waals surface area contributed by atoms with E-state index in [0.29, 0.717) is 24.7 Å². The fraction of sp³-hybridized carbons (Fsp3) is 0.417. The van der Waals surface area contributed by atoms with Crippen molar-refractivity contribution in [2.45, 2.75) is 56.8 Å². The highest BCUT2D eigenvalue weighted by molar-refractivity contribution is 5.75. The molecule has 6 nitrogen and oxygen atoms in total. The average Bonchev–Trinajstić information content (AvgIpc) is 3.32. The second kappa shape index (κ2) is 7.13. The van der Waals surface area contributed by atoms with Gasteiger partial charge in [0.25, 0.3) is 0 Å². The topological polar surface area (TPSA) is 55.2 Å². The van der Waals surface area contributed by atoms with Gasteiger partial charge in [-0.3, -0.25) is 0 Å². The Morgan fingerprint density at radius 2 is 1.93 bits per heavy atom. The number of fused-ring (bicyclic) bond motifs is 5. The summed E-state index contributed by atoms with van der Waals surface area (Å²) in [5, 5.41) is 8.12. The Bertz CT molecular complexity index is 1050. The standard InChI is InChI=1S/C24H27N5O/c1-28(20-13-17-4-2-5-18(14-20)26-17)23-9-8-22-21-7-6-19(29-11-3-10-25-29)12-16(21)15-30-24(22)27-23/h3,6-12,17-18,20,26H,2,4-5,13-15H2,1H3/t17-,18?,20?/m0/s1. The molecule has 30 heavy (non-hydrogen) atoms. The molecular weight excluding hydrogens is 374 g/mol. The summed E-state index contributed by atoms with van der Waals surface area (Å²) >= 11 is 0. The van der Waals surface area contributed by atoms with Gasteiger partial charge in [-0.05, 0) is 67.1 Å². The summed E-state index contributed by atoms with van der Waals surface area (Å²) in [6.45, 7) is 0.537. The molecule has 3 aromatic rings. The highest BCUT2D eigenvalue weighted by atomic mass is 16.5. The molecule has 6 heteroatoms. The summed E-state index contributed by atoms with van der Waals surface area (Å²) in [4.78, 5) is 7.29. The van der Waals surface area contributed by atoms with Crippen LogP contribution in [0.5, 0.6) is 5.88 Å². The van der Waals surface area contributed by atoms with Crippen LogP contribution in [0.3, 0.4) is 0 Å². The molecule has 2 bridgehead atoms. The maximum Gasteiger partial charge on any atom is 0.223 e. The van der Waals surface area contributed by atoms with Gasteiger partial charge < -0.3 is 15.0 Å². The molecule has 0 amide bonds. The van der Waals surface area contributed by atoms with Gasteiger partial charge in [-0.25, -0.2) is 4.68 Å². The van der Waals surface area contributed by atoms with Gasteiger partial charge in [0, 0.05) is 43.1 Å². The largest absolute Gasteiger partial charge is 0.472 e. The SMILES string of the molecule is CN(c1ccc2c(n1)OCc1cc(-n3cccn3)ccc1-2)C1CC2CCC[C@@H](C1)N2. The minimum atomic E-state index is 0.537. The molecule has 3 aliphatic rings. The van der Waals surface area contributed by atoms with Crippen LogP contribution in [0, 0.1) is 0 Å². The van der Waals surface area contributed by atoms with Crippen molar-refractivity contribution < 1.29 is 4.74 Å². The molecule has 0 radical (unpaired) electrons. The summed E-state index contributed by atoms with van der Waals surface area (Å²) in [5.41, 5.74) is 4.49. The summed E-state index contributed by atoms with van der Waals surface area (Å²) < 4.78 is 7.97. The van der Waals surface area contributed by atoms with Crippen molar-refractivity contribution in [1.29, 1.82) is 0 Å². The van der Waals surface area contributed by atoms with E-state index in [1.807, 2.05) is 16.9 Å². The van der Waals surface area contributed by atoms with Crippen LogP contribution in [0.2, 0.25) is 0 Å². The number of aromatic nitrogens is 3. The Labute approximate surface area is 176 Å². The fourth-order valence-electron chi connectivity index (χ4n) is 5.35. The molecule has 0 aliphatic carbocycles. The quantitative estimate of drug-likeness (QED) is 0.721. The van der Waals surface area contributed by atoms with E-state index >= 15 is 0 Å². The molecule has 2 fully saturated rings. The minimum absolute atomic E-state index is 0.537. The number of benzene rings is 1. The van der Waals surface area contributed by atoms with Crippen molar-refractivity contribution in [3.8, 4) is 22.7 Å². The molecule has 154 valence electrons. The van der Waals surface area contributed by atoms with Gasteiger partial charge in [-0.2, -0.15) is 10.1 Å². The van der Waals surface area contributed by atoms with Crippen molar-refractivity contribution in [2.24, 2.45) is 0 Å². The minimum Gasteiger partial charge on any atom is -0.472 e. The number of anilines is 1. The molecular formula is C24H27N5O. The molecule has 3 atom stereocenters. The molecule has 2 unspecified atom stereocenters. The number of rotatable bonds is 3. The number of pyridine rings is 1. The predicted molar refractivity (Wildman–Crippen MR) is 117 cm³/mol. The van der Waals surface area contributed by atoms with Crippen LogP contribution >= 0.6 is 0 Å². The lowest BCUT2D eigenvalue weighted by Gasteiger charge is -2.44. The summed E-state index contributed by atoms with van der Waals surface area (Å²) in [5.74, 6) is 1.75. The molecule has 5 heterocycles.